The average molecular weight is 762 g/mol. The molecule has 0 spiro atoms. The predicted octanol–water partition coefficient (Wildman–Crippen LogP) is 12.4. The quantitative estimate of drug-likeness (QED) is 0.137. The molecule has 0 fully saturated rings. The third-order valence-corrected chi connectivity index (χ3v) is 31.6. The van der Waals surface area contributed by atoms with Crippen molar-refractivity contribution in [2.75, 3.05) is 0 Å². The van der Waals surface area contributed by atoms with Crippen molar-refractivity contribution in [3.8, 4) is 22.3 Å². The molecule has 6 heteroatoms. The molecule has 2 unspecified atom stereocenters. The SMILES string of the molecule is Cc1ccc(C2=Cc3c(-c4ccccc4)cccc3C2C[SiH](CC2C(c3ccc(C)o3)=Cc3c(-c4ccccc4)cccc32)[Zr]([Cl])[Cl])o1. The monoisotopic (exact) mass is 759 g/mol. The molecule has 0 bridgehead atoms. The molecular formula is C42H35Cl2O2SiZr. The second-order valence-corrected chi connectivity index (χ2v) is 36.4. The molecule has 237 valence electrons. The van der Waals surface area contributed by atoms with E-state index < -0.39 is 24.4 Å². The van der Waals surface area contributed by atoms with Crippen molar-refractivity contribution >= 4 is 46.2 Å². The van der Waals surface area contributed by atoms with E-state index in [1.54, 1.807) is 0 Å². The Morgan fingerprint density at radius 1 is 0.542 bits per heavy atom. The number of benzene rings is 4. The molecule has 8 rings (SSSR count). The third kappa shape index (κ3) is 6.03. The van der Waals surface area contributed by atoms with Crippen molar-refractivity contribution in [3.63, 3.8) is 0 Å². The van der Waals surface area contributed by atoms with Gasteiger partial charge in [-0.3, -0.25) is 0 Å². The molecule has 48 heavy (non-hydrogen) atoms. The first-order valence-electron chi connectivity index (χ1n) is 16.6. The number of aryl methyl sites for hydroxylation is 2. The van der Waals surface area contributed by atoms with Crippen molar-refractivity contribution in [2.24, 2.45) is 0 Å². The Bertz CT molecular complexity index is 2010. The van der Waals surface area contributed by atoms with Crippen LogP contribution >= 0.6 is 17.0 Å². The molecule has 4 aromatic carbocycles. The molecule has 2 nitrogen and oxygen atoms in total. The van der Waals surface area contributed by atoms with E-state index in [9.17, 15) is 0 Å². The molecule has 6 aromatic rings. The molecule has 0 saturated carbocycles. The van der Waals surface area contributed by atoms with Gasteiger partial charge in [0.05, 0.1) is 0 Å². The Morgan fingerprint density at radius 2 is 0.979 bits per heavy atom. The van der Waals surface area contributed by atoms with Crippen molar-refractivity contribution < 1.29 is 27.4 Å². The van der Waals surface area contributed by atoms with Gasteiger partial charge in [-0.2, -0.15) is 0 Å². The Labute approximate surface area is 298 Å². The van der Waals surface area contributed by atoms with Crippen molar-refractivity contribution in [3.05, 3.63) is 167 Å². The molecule has 2 aliphatic carbocycles. The first-order valence-corrected chi connectivity index (χ1v) is 29.4. The van der Waals surface area contributed by atoms with E-state index in [1.165, 1.54) is 55.7 Å². The van der Waals surface area contributed by atoms with Crippen LogP contribution in [0, 0.1) is 13.8 Å². The van der Waals surface area contributed by atoms with E-state index in [1.807, 2.05) is 13.8 Å². The second kappa shape index (κ2) is 13.5. The molecular weight excluding hydrogens is 727 g/mol. The Hall–Kier alpha value is -3.40. The number of rotatable bonds is 9. The van der Waals surface area contributed by atoms with Gasteiger partial charge in [-0.1, -0.05) is 0 Å². The van der Waals surface area contributed by atoms with Crippen LogP contribution in [0.1, 0.15) is 57.1 Å². The fourth-order valence-corrected chi connectivity index (χ4v) is 22.8. The first kappa shape index (κ1) is 31.8. The maximum atomic E-state index is 7.24. The topological polar surface area (TPSA) is 26.3 Å². The molecule has 0 aliphatic heterocycles. The van der Waals surface area contributed by atoms with Gasteiger partial charge in [0, 0.05) is 0 Å². The molecule has 2 heterocycles. The van der Waals surface area contributed by atoms with E-state index >= 15 is 0 Å². The summed E-state index contributed by atoms with van der Waals surface area (Å²) >= 11 is -2.70. The standard InChI is InChI=1S/C42H35O2Si.2ClH.Zr/c1-27-19-21-41(43-27)37-23-35-31(29-11-5-3-6-12-29)15-9-17-33(35)39(37)25-45-26-40-34-18-10-16-32(30-13-7-4-8-14-30)36(34)24-38(40)42-22-20-28(2)44-42;;;/h3-24,39-40,45H,25-26H2,1-2H3;2*1H;/q;;;+2/p-2. The number of fused-ring (bicyclic) bond motifs is 2. The van der Waals surface area contributed by atoms with E-state index in [2.05, 4.69) is 133 Å². The molecule has 0 radical (unpaired) electrons. The van der Waals surface area contributed by atoms with Gasteiger partial charge in [0.15, 0.2) is 0 Å². The van der Waals surface area contributed by atoms with Crippen molar-refractivity contribution in [1.29, 1.82) is 0 Å². The minimum absolute atomic E-state index is 0.189. The van der Waals surface area contributed by atoms with E-state index in [-0.39, 0.29) is 11.8 Å². The molecule has 0 amide bonds. The second-order valence-electron chi connectivity index (χ2n) is 12.9. The molecule has 2 aliphatic rings. The summed E-state index contributed by atoms with van der Waals surface area (Å²) in [7, 11) is 14.5. The summed E-state index contributed by atoms with van der Waals surface area (Å²) in [4.78, 5) is 0. The van der Waals surface area contributed by atoms with E-state index in [0.29, 0.717) is 0 Å². The van der Waals surface area contributed by atoms with Crippen LogP contribution in [0.25, 0.3) is 45.6 Å². The number of hydrogen-bond donors (Lipinski definition) is 0. The number of furan rings is 2. The summed E-state index contributed by atoms with van der Waals surface area (Å²) < 4.78 is 12.6. The van der Waals surface area contributed by atoms with Crippen molar-refractivity contribution in [2.45, 2.75) is 37.8 Å². The van der Waals surface area contributed by atoms with Crippen LogP contribution in [-0.4, -0.2) is 5.92 Å². The average Bonchev–Trinajstić information content (AvgIpc) is 3.90. The first-order chi connectivity index (χ1) is 23.4. The van der Waals surface area contributed by atoms with Crippen molar-refractivity contribution in [1.82, 2.24) is 0 Å². The Morgan fingerprint density at radius 3 is 1.35 bits per heavy atom. The van der Waals surface area contributed by atoms with Gasteiger partial charge < -0.3 is 0 Å². The Balaban J connectivity index is 1.20. The summed E-state index contributed by atoms with van der Waals surface area (Å²) in [5.74, 6) is 2.45. The zero-order valence-electron chi connectivity index (χ0n) is 26.9. The number of hydrogen-bond acceptors (Lipinski definition) is 2. The number of halogens is 2. The fraction of sp³-hybridized carbons (Fsp3) is 0.143. The van der Waals surface area contributed by atoms with Gasteiger partial charge in [-0.25, -0.2) is 0 Å². The van der Waals surface area contributed by atoms with Gasteiger partial charge in [-0.15, -0.1) is 0 Å². The number of allylic oxidation sites excluding steroid dienone is 2. The normalized spacial score (nSPS) is 17.1. The molecule has 2 atom stereocenters. The van der Waals surface area contributed by atoms with Gasteiger partial charge in [0.1, 0.15) is 0 Å². The van der Waals surface area contributed by atoms with E-state index in [0.717, 1.165) is 35.1 Å². The third-order valence-electron chi connectivity index (χ3n) is 9.95. The van der Waals surface area contributed by atoms with Gasteiger partial charge in [0.2, 0.25) is 0 Å². The van der Waals surface area contributed by atoms with Gasteiger partial charge >= 0.3 is 300 Å². The summed E-state index contributed by atoms with van der Waals surface area (Å²) in [5.41, 5.74) is 12.7. The van der Waals surface area contributed by atoms with Crippen LogP contribution in [0.3, 0.4) is 0 Å². The van der Waals surface area contributed by atoms with Crippen LogP contribution in [0.15, 0.2) is 130 Å². The van der Waals surface area contributed by atoms with Crippen LogP contribution in [-0.2, 0) is 18.5 Å². The molecule has 0 saturated heterocycles. The zero-order valence-corrected chi connectivity index (χ0v) is 32.0. The summed E-state index contributed by atoms with van der Waals surface area (Å²) in [6.07, 6.45) is 4.73. The zero-order chi connectivity index (χ0) is 32.8. The van der Waals surface area contributed by atoms with Crippen LogP contribution in [0.2, 0.25) is 12.1 Å². The van der Waals surface area contributed by atoms with Crippen LogP contribution in [0.5, 0.6) is 0 Å². The summed E-state index contributed by atoms with van der Waals surface area (Å²) in [6, 6.07) is 45.2. The van der Waals surface area contributed by atoms with E-state index in [4.69, 9.17) is 25.9 Å². The summed E-state index contributed by atoms with van der Waals surface area (Å²) in [6.45, 7) is 4.03. The minimum atomic E-state index is -2.70. The summed E-state index contributed by atoms with van der Waals surface area (Å²) in [5, 5.41) is 0. The Kier molecular flexibility index (Phi) is 8.95. The van der Waals surface area contributed by atoms with Gasteiger partial charge in [-0.05, 0) is 0 Å². The molecule has 2 aromatic heterocycles. The van der Waals surface area contributed by atoms with Gasteiger partial charge in [0.25, 0.3) is 0 Å². The van der Waals surface area contributed by atoms with Crippen LogP contribution in [0.4, 0.5) is 0 Å². The molecule has 0 N–H and O–H groups in total. The maximum absolute atomic E-state index is 7.24. The predicted molar refractivity (Wildman–Crippen MR) is 200 cm³/mol. The fourth-order valence-electron chi connectivity index (χ4n) is 7.70. The van der Waals surface area contributed by atoms with Crippen LogP contribution < -0.4 is 0 Å².